The number of methoxy groups -OCH3 is 1. The van der Waals surface area contributed by atoms with Gasteiger partial charge in [0.15, 0.2) is 0 Å². The highest BCUT2D eigenvalue weighted by Crippen LogP contribution is 2.47. The number of benzene rings is 1. The summed E-state index contributed by atoms with van der Waals surface area (Å²) in [5, 5.41) is 3.67. The van der Waals surface area contributed by atoms with Crippen LogP contribution in [0, 0.1) is 11.8 Å². The lowest BCUT2D eigenvalue weighted by atomic mass is 9.59. The molecule has 1 aromatic rings. The van der Waals surface area contributed by atoms with Crippen LogP contribution in [0.1, 0.15) is 38.7 Å². The van der Waals surface area contributed by atoms with Crippen molar-refractivity contribution in [1.29, 1.82) is 0 Å². The summed E-state index contributed by atoms with van der Waals surface area (Å²) in [5.74, 6) is 3.07. The molecule has 0 radical (unpaired) electrons. The molecule has 0 saturated heterocycles. The average molecular weight is 247 g/mol. The molecule has 1 saturated carbocycles. The van der Waals surface area contributed by atoms with E-state index in [4.69, 9.17) is 4.74 Å². The van der Waals surface area contributed by atoms with E-state index >= 15 is 0 Å². The third-order valence-electron chi connectivity index (χ3n) is 4.40. The largest absolute Gasteiger partial charge is 0.497 e. The second-order valence-electron chi connectivity index (χ2n) is 5.50. The number of hydrogen-bond acceptors (Lipinski definition) is 2. The third kappa shape index (κ3) is 2.39. The zero-order valence-electron chi connectivity index (χ0n) is 11.9. The average Bonchev–Trinajstić information content (AvgIpc) is 2.40. The summed E-state index contributed by atoms with van der Waals surface area (Å²) in [6, 6.07) is 9.25. The van der Waals surface area contributed by atoms with Crippen molar-refractivity contribution in [2.45, 2.75) is 39.2 Å². The summed E-state index contributed by atoms with van der Waals surface area (Å²) < 4.78 is 5.22. The van der Waals surface area contributed by atoms with Crippen molar-refractivity contribution in [3.05, 3.63) is 29.8 Å². The highest BCUT2D eigenvalue weighted by atomic mass is 16.5. The van der Waals surface area contributed by atoms with Gasteiger partial charge in [0.25, 0.3) is 0 Å². The molecule has 0 heterocycles. The van der Waals surface area contributed by atoms with Crippen molar-refractivity contribution in [1.82, 2.24) is 5.32 Å². The lowest BCUT2D eigenvalue weighted by Crippen LogP contribution is -2.55. The second-order valence-corrected chi connectivity index (χ2v) is 5.50. The first kappa shape index (κ1) is 13.4. The molecule has 18 heavy (non-hydrogen) atoms. The summed E-state index contributed by atoms with van der Waals surface area (Å²) in [7, 11) is 1.72. The number of ether oxygens (including phenoxy) is 1. The first-order valence-corrected chi connectivity index (χ1v) is 7.06. The molecule has 1 aromatic carbocycles. The van der Waals surface area contributed by atoms with Crippen molar-refractivity contribution >= 4 is 0 Å². The SMILES string of the molecule is CCCNC1C(C)C(c2ccc(OC)cc2)C1C. The third-order valence-corrected chi connectivity index (χ3v) is 4.40. The quantitative estimate of drug-likeness (QED) is 0.860. The van der Waals surface area contributed by atoms with Gasteiger partial charge in [-0.3, -0.25) is 0 Å². The predicted molar refractivity (Wildman–Crippen MR) is 76.1 cm³/mol. The standard InChI is InChI=1S/C16H25NO/c1-5-10-17-16-11(2)15(12(16)3)13-6-8-14(18-4)9-7-13/h6-9,11-12,15-17H,5,10H2,1-4H3. The fourth-order valence-electron chi connectivity index (χ4n) is 3.37. The van der Waals surface area contributed by atoms with E-state index in [9.17, 15) is 0 Å². The Hall–Kier alpha value is -1.02. The van der Waals surface area contributed by atoms with Crippen molar-refractivity contribution in [3.63, 3.8) is 0 Å². The van der Waals surface area contributed by atoms with E-state index in [0.29, 0.717) is 12.0 Å². The minimum absolute atomic E-state index is 0.678. The van der Waals surface area contributed by atoms with Gasteiger partial charge in [-0.25, -0.2) is 0 Å². The highest BCUT2D eigenvalue weighted by molar-refractivity contribution is 5.32. The summed E-state index contributed by atoms with van der Waals surface area (Å²) in [5.41, 5.74) is 1.45. The van der Waals surface area contributed by atoms with Crippen LogP contribution >= 0.6 is 0 Å². The van der Waals surface area contributed by atoms with Crippen molar-refractivity contribution < 1.29 is 4.74 Å². The van der Waals surface area contributed by atoms with Crippen LogP contribution in [0.4, 0.5) is 0 Å². The lowest BCUT2D eigenvalue weighted by Gasteiger charge is -2.50. The number of hydrogen-bond donors (Lipinski definition) is 1. The molecule has 2 rings (SSSR count). The Balaban J connectivity index is 2.01. The molecule has 1 fully saturated rings. The van der Waals surface area contributed by atoms with Crippen LogP contribution in [0.25, 0.3) is 0 Å². The number of nitrogens with one attached hydrogen (secondary N) is 1. The van der Waals surface area contributed by atoms with E-state index in [0.717, 1.165) is 24.1 Å². The molecule has 2 unspecified atom stereocenters. The van der Waals surface area contributed by atoms with E-state index < -0.39 is 0 Å². The molecular weight excluding hydrogens is 222 g/mol. The maximum absolute atomic E-state index is 5.22. The lowest BCUT2D eigenvalue weighted by molar-refractivity contribution is 0.0968. The van der Waals surface area contributed by atoms with Gasteiger partial charge in [-0.05, 0) is 48.4 Å². The molecule has 2 atom stereocenters. The van der Waals surface area contributed by atoms with Crippen LogP contribution in [-0.2, 0) is 0 Å². The van der Waals surface area contributed by atoms with E-state index in [1.54, 1.807) is 7.11 Å². The number of rotatable bonds is 5. The Bertz CT molecular complexity index is 363. The van der Waals surface area contributed by atoms with Crippen molar-refractivity contribution in [3.8, 4) is 5.75 Å². The Labute approximate surface area is 111 Å². The molecule has 0 bridgehead atoms. The molecule has 0 spiro atoms. The normalized spacial score (nSPS) is 30.9. The summed E-state index contributed by atoms with van der Waals surface area (Å²) in [6.45, 7) is 8.08. The molecule has 100 valence electrons. The van der Waals surface area contributed by atoms with Gasteiger partial charge < -0.3 is 10.1 Å². The molecular formula is C16H25NO. The van der Waals surface area contributed by atoms with Gasteiger partial charge in [-0.15, -0.1) is 0 Å². The van der Waals surface area contributed by atoms with Crippen LogP contribution in [0.3, 0.4) is 0 Å². The Morgan fingerprint density at radius 1 is 1.11 bits per heavy atom. The van der Waals surface area contributed by atoms with Crippen molar-refractivity contribution in [2.24, 2.45) is 11.8 Å². The van der Waals surface area contributed by atoms with Gasteiger partial charge >= 0.3 is 0 Å². The van der Waals surface area contributed by atoms with Gasteiger partial charge in [-0.2, -0.15) is 0 Å². The van der Waals surface area contributed by atoms with Gasteiger partial charge in [0.1, 0.15) is 5.75 Å². The minimum atomic E-state index is 0.678. The highest BCUT2D eigenvalue weighted by Gasteiger charge is 2.44. The van der Waals surface area contributed by atoms with E-state index in [1.807, 2.05) is 0 Å². The van der Waals surface area contributed by atoms with Gasteiger partial charge in [0.05, 0.1) is 7.11 Å². The molecule has 0 amide bonds. The molecule has 1 aliphatic carbocycles. The fourth-order valence-corrected chi connectivity index (χ4v) is 3.37. The first-order chi connectivity index (χ1) is 8.69. The first-order valence-electron chi connectivity index (χ1n) is 7.06. The van der Waals surface area contributed by atoms with Gasteiger partial charge in [0, 0.05) is 6.04 Å². The minimum Gasteiger partial charge on any atom is -0.497 e. The van der Waals surface area contributed by atoms with Crippen LogP contribution in [0.5, 0.6) is 5.75 Å². The van der Waals surface area contributed by atoms with Crippen molar-refractivity contribution in [2.75, 3.05) is 13.7 Å². The van der Waals surface area contributed by atoms with Gasteiger partial charge in [-0.1, -0.05) is 32.9 Å². The predicted octanol–water partition coefficient (Wildman–Crippen LogP) is 3.43. The van der Waals surface area contributed by atoms with Crippen LogP contribution in [0.2, 0.25) is 0 Å². The van der Waals surface area contributed by atoms with Crippen LogP contribution in [-0.4, -0.2) is 19.7 Å². The van der Waals surface area contributed by atoms with Crippen LogP contribution < -0.4 is 10.1 Å². The Kier molecular flexibility index (Phi) is 4.28. The second kappa shape index (κ2) is 5.75. The van der Waals surface area contributed by atoms with E-state index in [-0.39, 0.29) is 0 Å². The summed E-state index contributed by atoms with van der Waals surface area (Å²) >= 11 is 0. The maximum Gasteiger partial charge on any atom is 0.118 e. The Morgan fingerprint density at radius 2 is 1.72 bits per heavy atom. The molecule has 2 heteroatoms. The van der Waals surface area contributed by atoms with Gasteiger partial charge in [0.2, 0.25) is 0 Å². The zero-order valence-corrected chi connectivity index (χ0v) is 11.9. The smallest absolute Gasteiger partial charge is 0.118 e. The molecule has 2 nitrogen and oxygen atoms in total. The molecule has 0 aromatic heterocycles. The summed E-state index contributed by atoms with van der Waals surface area (Å²) in [4.78, 5) is 0. The molecule has 0 aliphatic heterocycles. The van der Waals surface area contributed by atoms with E-state index in [1.165, 1.54) is 12.0 Å². The summed E-state index contributed by atoms with van der Waals surface area (Å²) in [6.07, 6.45) is 1.21. The topological polar surface area (TPSA) is 21.3 Å². The monoisotopic (exact) mass is 247 g/mol. The maximum atomic E-state index is 5.22. The van der Waals surface area contributed by atoms with Crippen LogP contribution in [0.15, 0.2) is 24.3 Å². The molecule has 1 N–H and O–H groups in total. The fraction of sp³-hybridized carbons (Fsp3) is 0.625. The zero-order chi connectivity index (χ0) is 13.1. The Morgan fingerprint density at radius 3 is 2.22 bits per heavy atom. The molecule has 1 aliphatic rings. The van der Waals surface area contributed by atoms with E-state index in [2.05, 4.69) is 50.4 Å².